The summed E-state index contributed by atoms with van der Waals surface area (Å²) in [5, 5.41) is 19.1. The second-order valence-corrected chi connectivity index (χ2v) is 7.88. The molecule has 0 bridgehead atoms. The molecular weight excluding hydrogens is 420 g/mol. The Balaban J connectivity index is 1.65. The molecule has 2 aromatic rings. The number of amides is 3. The van der Waals surface area contributed by atoms with E-state index in [0.29, 0.717) is 16.9 Å². The quantitative estimate of drug-likeness (QED) is 0.635. The summed E-state index contributed by atoms with van der Waals surface area (Å²) >= 11 is 0.761. The lowest BCUT2D eigenvalue weighted by Crippen LogP contribution is -2.41. The van der Waals surface area contributed by atoms with Crippen LogP contribution in [0, 0.1) is 0 Å². The zero-order valence-electron chi connectivity index (χ0n) is 17.0. The lowest BCUT2D eigenvalue weighted by atomic mass is 10.1. The van der Waals surface area contributed by atoms with E-state index in [0.717, 1.165) is 16.7 Å². The number of hydrogen-bond donors (Lipinski definition) is 2. The number of phenols is 1. The van der Waals surface area contributed by atoms with Crippen LogP contribution < -0.4 is 4.74 Å². The van der Waals surface area contributed by atoms with Gasteiger partial charge in [0.2, 0.25) is 5.91 Å². The SMILES string of the molecule is COc1ccccc1C=C1SC(=O)N(CC(=O)N(C)CC(O)c2ccc(O)cc2)C1=O. The fraction of sp³-hybridized carbons (Fsp3) is 0.227. The van der Waals surface area contributed by atoms with Crippen LogP contribution in [-0.2, 0) is 9.59 Å². The number of likely N-dealkylation sites (N-methyl/N-ethyl adjacent to an activating group) is 1. The zero-order chi connectivity index (χ0) is 22.5. The monoisotopic (exact) mass is 442 g/mol. The molecule has 1 aliphatic rings. The van der Waals surface area contributed by atoms with E-state index in [1.165, 1.54) is 31.2 Å². The van der Waals surface area contributed by atoms with Crippen molar-refractivity contribution in [3.05, 3.63) is 64.6 Å². The lowest BCUT2D eigenvalue weighted by Gasteiger charge is -2.23. The van der Waals surface area contributed by atoms with E-state index in [-0.39, 0.29) is 17.2 Å². The van der Waals surface area contributed by atoms with Crippen LogP contribution in [0.2, 0.25) is 0 Å². The minimum atomic E-state index is -0.977. The molecule has 1 saturated heterocycles. The predicted molar refractivity (Wildman–Crippen MR) is 116 cm³/mol. The highest BCUT2D eigenvalue weighted by molar-refractivity contribution is 8.18. The molecule has 0 aliphatic carbocycles. The van der Waals surface area contributed by atoms with E-state index in [1.54, 1.807) is 42.5 Å². The Hall–Kier alpha value is -3.30. The van der Waals surface area contributed by atoms with Crippen LogP contribution in [0.15, 0.2) is 53.4 Å². The van der Waals surface area contributed by atoms with Gasteiger partial charge in [0.25, 0.3) is 11.1 Å². The number of ether oxygens (including phenoxy) is 1. The minimum absolute atomic E-state index is 0.0309. The van der Waals surface area contributed by atoms with Crippen molar-refractivity contribution in [1.82, 2.24) is 9.80 Å². The third-order valence-electron chi connectivity index (χ3n) is 4.74. The van der Waals surface area contributed by atoms with E-state index in [9.17, 15) is 24.6 Å². The van der Waals surface area contributed by atoms with Crippen molar-refractivity contribution in [2.75, 3.05) is 27.2 Å². The number of aromatic hydroxyl groups is 1. The summed E-state index contributed by atoms with van der Waals surface area (Å²) in [5.74, 6) is -0.408. The molecule has 162 valence electrons. The van der Waals surface area contributed by atoms with E-state index < -0.39 is 29.7 Å². The molecule has 1 unspecified atom stereocenters. The highest BCUT2D eigenvalue weighted by Crippen LogP contribution is 2.33. The first kappa shape index (κ1) is 22.4. The van der Waals surface area contributed by atoms with Gasteiger partial charge in [0.05, 0.1) is 24.7 Å². The van der Waals surface area contributed by atoms with Crippen molar-refractivity contribution in [3.63, 3.8) is 0 Å². The summed E-state index contributed by atoms with van der Waals surface area (Å²) in [6, 6.07) is 13.1. The summed E-state index contributed by atoms with van der Waals surface area (Å²) in [6.07, 6.45) is 0.585. The van der Waals surface area contributed by atoms with Gasteiger partial charge in [-0.25, -0.2) is 0 Å². The molecule has 0 radical (unpaired) electrons. The molecule has 1 heterocycles. The number of benzene rings is 2. The fourth-order valence-electron chi connectivity index (χ4n) is 2.98. The largest absolute Gasteiger partial charge is 0.508 e. The normalized spacial score (nSPS) is 16.0. The van der Waals surface area contributed by atoms with Crippen LogP contribution in [0.1, 0.15) is 17.2 Å². The lowest BCUT2D eigenvalue weighted by molar-refractivity contribution is -0.135. The molecule has 2 N–H and O–H groups in total. The molecule has 3 amide bonds. The van der Waals surface area contributed by atoms with Crippen LogP contribution >= 0.6 is 11.8 Å². The van der Waals surface area contributed by atoms with Crippen LogP contribution in [-0.4, -0.2) is 64.3 Å². The van der Waals surface area contributed by atoms with Gasteiger partial charge in [-0.2, -0.15) is 0 Å². The van der Waals surface area contributed by atoms with Crippen molar-refractivity contribution >= 4 is 34.9 Å². The zero-order valence-corrected chi connectivity index (χ0v) is 17.8. The second kappa shape index (κ2) is 9.67. The van der Waals surface area contributed by atoms with Crippen LogP contribution in [0.5, 0.6) is 11.5 Å². The number of methoxy groups -OCH3 is 1. The van der Waals surface area contributed by atoms with Gasteiger partial charge < -0.3 is 19.8 Å². The van der Waals surface area contributed by atoms with E-state index in [4.69, 9.17) is 4.74 Å². The van der Waals surface area contributed by atoms with Crippen molar-refractivity contribution in [2.45, 2.75) is 6.10 Å². The number of para-hydroxylation sites is 1. The maximum Gasteiger partial charge on any atom is 0.294 e. The Morgan fingerprint density at radius 2 is 1.87 bits per heavy atom. The number of carbonyl (C=O) groups is 3. The summed E-state index contributed by atoms with van der Waals surface area (Å²) < 4.78 is 5.26. The number of hydrogen-bond acceptors (Lipinski definition) is 7. The molecule has 8 nitrogen and oxygen atoms in total. The second-order valence-electron chi connectivity index (χ2n) is 6.89. The molecular formula is C22H22N2O6S. The number of imide groups is 1. The van der Waals surface area contributed by atoms with Crippen LogP contribution in [0.25, 0.3) is 6.08 Å². The van der Waals surface area contributed by atoms with Gasteiger partial charge in [0.15, 0.2) is 0 Å². The first-order valence-corrected chi connectivity index (χ1v) is 10.2. The number of rotatable bonds is 7. The van der Waals surface area contributed by atoms with Gasteiger partial charge in [0.1, 0.15) is 18.0 Å². The summed E-state index contributed by atoms with van der Waals surface area (Å²) in [6.45, 7) is -0.455. The summed E-state index contributed by atoms with van der Waals surface area (Å²) in [4.78, 5) is 39.9. The van der Waals surface area contributed by atoms with Gasteiger partial charge in [-0.15, -0.1) is 0 Å². The fourth-order valence-corrected chi connectivity index (χ4v) is 3.81. The minimum Gasteiger partial charge on any atom is -0.508 e. The smallest absolute Gasteiger partial charge is 0.294 e. The third kappa shape index (κ3) is 5.25. The molecule has 31 heavy (non-hydrogen) atoms. The molecule has 3 rings (SSSR count). The topological polar surface area (TPSA) is 107 Å². The number of phenolic OH excluding ortho intramolecular Hbond substituents is 1. The molecule has 0 spiro atoms. The Morgan fingerprint density at radius 3 is 2.55 bits per heavy atom. The number of thioether (sulfide) groups is 1. The van der Waals surface area contributed by atoms with Crippen LogP contribution in [0.4, 0.5) is 4.79 Å². The maximum atomic E-state index is 12.7. The number of nitrogens with zero attached hydrogens (tertiary/aromatic N) is 2. The van der Waals surface area contributed by atoms with Crippen molar-refractivity contribution in [3.8, 4) is 11.5 Å². The molecule has 0 saturated carbocycles. The average molecular weight is 442 g/mol. The summed E-state index contributed by atoms with van der Waals surface area (Å²) in [7, 11) is 3.00. The first-order chi connectivity index (χ1) is 14.8. The highest BCUT2D eigenvalue weighted by atomic mass is 32.2. The number of aliphatic hydroxyl groups is 1. The molecule has 1 atom stereocenters. The van der Waals surface area contributed by atoms with Crippen molar-refractivity contribution in [2.24, 2.45) is 0 Å². The molecule has 1 aliphatic heterocycles. The Labute approximate surface area is 183 Å². The molecule has 0 aromatic heterocycles. The van der Waals surface area contributed by atoms with E-state index in [1.807, 2.05) is 0 Å². The summed E-state index contributed by atoms with van der Waals surface area (Å²) in [5.41, 5.74) is 1.18. The average Bonchev–Trinajstić information content (AvgIpc) is 3.01. The first-order valence-electron chi connectivity index (χ1n) is 9.39. The van der Waals surface area contributed by atoms with Gasteiger partial charge in [-0.05, 0) is 41.6 Å². The third-order valence-corrected chi connectivity index (χ3v) is 5.65. The number of carbonyl (C=O) groups excluding carboxylic acids is 3. The van der Waals surface area contributed by atoms with Crippen molar-refractivity contribution < 1.29 is 29.3 Å². The Bertz CT molecular complexity index is 1020. The van der Waals surface area contributed by atoms with Crippen LogP contribution in [0.3, 0.4) is 0 Å². The standard InChI is InChI=1S/C22H22N2O6S/c1-23(12-17(26)14-7-9-16(25)10-8-14)20(27)13-24-21(28)19(31-22(24)29)11-15-5-3-4-6-18(15)30-2/h3-11,17,25-26H,12-13H2,1-2H3. The molecule has 2 aromatic carbocycles. The molecule has 9 heteroatoms. The molecule has 1 fully saturated rings. The van der Waals surface area contributed by atoms with E-state index in [2.05, 4.69) is 0 Å². The Kier molecular flexibility index (Phi) is 6.98. The predicted octanol–water partition coefficient (Wildman–Crippen LogP) is 2.63. The van der Waals surface area contributed by atoms with Gasteiger partial charge >= 0.3 is 0 Å². The van der Waals surface area contributed by atoms with E-state index >= 15 is 0 Å². The maximum absolute atomic E-state index is 12.7. The van der Waals surface area contributed by atoms with Crippen molar-refractivity contribution in [1.29, 1.82) is 0 Å². The van der Waals surface area contributed by atoms with Gasteiger partial charge in [-0.3, -0.25) is 19.3 Å². The number of aliphatic hydroxyl groups excluding tert-OH is 1. The highest BCUT2D eigenvalue weighted by Gasteiger charge is 2.37. The van der Waals surface area contributed by atoms with Gasteiger partial charge in [0, 0.05) is 12.6 Å². The Morgan fingerprint density at radius 1 is 1.19 bits per heavy atom. The van der Waals surface area contributed by atoms with Gasteiger partial charge in [-0.1, -0.05) is 30.3 Å².